The molecular weight excluding hydrogens is 386 g/mol. The molecule has 28 heavy (non-hydrogen) atoms. The second-order valence-corrected chi connectivity index (χ2v) is 7.02. The monoisotopic (exact) mass is 411 g/mol. The van der Waals surface area contributed by atoms with Crippen molar-refractivity contribution in [3.05, 3.63) is 29.8 Å². The van der Waals surface area contributed by atoms with Gasteiger partial charge in [0.1, 0.15) is 6.04 Å². The van der Waals surface area contributed by atoms with Gasteiger partial charge in [-0.05, 0) is 56.5 Å². The molecule has 0 fully saturated rings. The molecule has 0 heterocycles. The highest BCUT2D eigenvalue weighted by Gasteiger charge is 2.22. The van der Waals surface area contributed by atoms with Crippen LogP contribution < -0.4 is 16.4 Å². The Balaban J connectivity index is 2.53. The van der Waals surface area contributed by atoms with E-state index in [4.69, 9.17) is 15.2 Å². The van der Waals surface area contributed by atoms with E-state index in [-0.39, 0.29) is 6.10 Å². The summed E-state index contributed by atoms with van der Waals surface area (Å²) in [5.74, 6) is -1.15. The molecule has 1 aromatic rings. The fourth-order valence-corrected chi connectivity index (χ4v) is 2.53. The number of amides is 3. The topological polar surface area (TPSA) is 137 Å². The summed E-state index contributed by atoms with van der Waals surface area (Å²) >= 11 is 1.49. The summed E-state index contributed by atoms with van der Waals surface area (Å²) in [5.41, 5.74) is 5.83. The lowest BCUT2D eigenvalue weighted by Gasteiger charge is -2.16. The molecule has 0 spiro atoms. The summed E-state index contributed by atoms with van der Waals surface area (Å²) in [7, 11) is 0. The molecule has 4 N–H and O–H groups in total. The number of carbonyl (C=O) groups is 4. The van der Waals surface area contributed by atoms with Gasteiger partial charge < -0.3 is 25.8 Å². The zero-order valence-electron chi connectivity index (χ0n) is 16.0. The molecule has 154 valence electrons. The van der Waals surface area contributed by atoms with Crippen LogP contribution in [0.25, 0.3) is 0 Å². The number of primary amides is 1. The number of anilines is 1. The van der Waals surface area contributed by atoms with Crippen molar-refractivity contribution >= 4 is 41.3 Å². The van der Waals surface area contributed by atoms with Crippen LogP contribution in [0.1, 0.15) is 30.6 Å². The molecule has 0 aliphatic heterocycles. The second-order valence-electron chi connectivity index (χ2n) is 6.03. The van der Waals surface area contributed by atoms with Gasteiger partial charge in [-0.2, -0.15) is 11.8 Å². The minimum Gasteiger partial charge on any atom is -0.459 e. The normalized spacial score (nSPS) is 11.4. The number of nitrogens with two attached hydrogens (primary N) is 1. The largest absolute Gasteiger partial charge is 0.459 e. The zero-order valence-corrected chi connectivity index (χ0v) is 16.8. The molecule has 9 nitrogen and oxygen atoms in total. The number of urea groups is 1. The standard InChI is InChI=1S/C18H25N3O6S/c1-11(2)27-16(23)12-4-6-13(7-5-12)20-15(22)10-26-17(24)14(8-9-28-3)21-18(19)25/h4-7,11,14H,8-10H2,1-3H3,(H,20,22)(H3,19,21,25)/t14-/m1/s1. The number of thioether (sulfide) groups is 1. The molecule has 0 unspecified atom stereocenters. The predicted octanol–water partition coefficient (Wildman–Crippen LogP) is 1.52. The van der Waals surface area contributed by atoms with E-state index < -0.39 is 36.5 Å². The zero-order chi connectivity index (χ0) is 21.1. The summed E-state index contributed by atoms with van der Waals surface area (Å²) in [5, 5.41) is 4.84. The molecule has 0 bridgehead atoms. The molecule has 0 saturated heterocycles. The molecule has 0 aromatic heterocycles. The average molecular weight is 411 g/mol. The molecule has 1 rings (SSSR count). The van der Waals surface area contributed by atoms with Crippen LogP contribution in [-0.4, -0.2) is 54.6 Å². The number of hydrogen-bond acceptors (Lipinski definition) is 7. The van der Waals surface area contributed by atoms with Crippen LogP contribution >= 0.6 is 11.8 Å². The van der Waals surface area contributed by atoms with E-state index in [2.05, 4.69) is 10.6 Å². The van der Waals surface area contributed by atoms with Gasteiger partial charge in [0.15, 0.2) is 6.61 Å². The first-order chi connectivity index (χ1) is 13.2. The van der Waals surface area contributed by atoms with Gasteiger partial charge >= 0.3 is 18.0 Å². The third kappa shape index (κ3) is 8.76. The summed E-state index contributed by atoms with van der Waals surface area (Å²) in [6.07, 6.45) is 1.96. The van der Waals surface area contributed by atoms with Crippen LogP contribution in [0.3, 0.4) is 0 Å². The van der Waals surface area contributed by atoms with Crippen molar-refractivity contribution in [3.8, 4) is 0 Å². The van der Waals surface area contributed by atoms with Gasteiger partial charge in [0.05, 0.1) is 11.7 Å². The van der Waals surface area contributed by atoms with Gasteiger partial charge in [0.2, 0.25) is 0 Å². The van der Waals surface area contributed by atoms with E-state index in [0.29, 0.717) is 23.4 Å². The van der Waals surface area contributed by atoms with E-state index >= 15 is 0 Å². The summed E-state index contributed by atoms with van der Waals surface area (Å²) in [6.45, 7) is 2.98. The van der Waals surface area contributed by atoms with Gasteiger partial charge in [0.25, 0.3) is 5.91 Å². The highest BCUT2D eigenvalue weighted by atomic mass is 32.2. The number of ether oxygens (including phenoxy) is 2. The van der Waals surface area contributed by atoms with E-state index in [1.54, 1.807) is 13.8 Å². The van der Waals surface area contributed by atoms with Crippen molar-refractivity contribution in [2.45, 2.75) is 32.4 Å². The number of nitrogens with one attached hydrogen (secondary N) is 2. The van der Waals surface area contributed by atoms with E-state index in [0.717, 1.165) is 0 Å². The molecule has 3 amide bonds. The van der Waals surface area contributed by atoms with Crippen molar-refractivity contribution in [3.63, 3.8) is 0 Å². The van der Waals surface area contributed by atoms with Gasteiger partial charge in [-0.25, -0.2) is 14.4 Å². The van der Waals surface area contributed by atoms with Crippen LogP contribution in [0, 0.1) is 0 Å². The molecule has 0 saturated carbocycles. The number of rotatable bonds is 10. The van der Waals surface area contributed by atoms with Gasteiger partial charge in [-0.3, -0.25) is 4.79 Å². The Morgan fingerprint density at radius 1 is 1.14 bits per heavy atom. The maximum Gasteiger partial charge on any atom is 0.338 e. The van der Waals surface area contributed by atoms with Crippen LogP contribution in [0.2, 0.25) is 0 Å². The first kappa shape index (κ1) is 23.3. The third-order valence-corrected chi connectivity index (χ3v) is 3.95. The number of esters is 2. The van der Waals surface area contributed by atoms with Crippen LogP contribution in [-0.2, 0) is 19.1 Å². The Morgan fingerprint density at radius 3 is 2.32 bits per heavy atom. The fraction of sp³-hybridized carbons (Fsp3) is 0.444. The molecule has 1 atom stereocenters. The van der Waals surface area contributed by atoms with Crippen LogP contribution in [0.15, 0.2) is 24.3 Å². The number of benzene rings is 1. The van der Waals surface area contributed by atoms with Crippen molar-refractivity contribution in [1.29, 1.82) is 0 Å². The molecule has 10 heteroatoms. The van der Waals surface area contributed by atoms with Gasteiger partial charge in [0, 0.05) is 5.69 Å². The first-order valence-electron chi connectivity index (χ1n) is 8.55. The number of carbonyl (C=O) groups excluding carboxylic acids is 4. The second kappa shape index (κ2) is 11.9. The molecule has 1 aromatic carbocycles. The van der Waals surface area contributed by atoms with Crippen LogP contribution in [0.4, 0.5) is 10.5 Å². The minimum absolute atomic E-state index is 0.231. The lowest BCUT2D eigenvalue weighted by atomic mass is 10.2. The Morgan fingerprint density at radius 2 is 1.79 bits per heavy atom. The number of hydrogen-bond donors (Lipinski definition) is 3. The Kier molecular flexibility index (Phi) is 9.86. The average Bonchev–Trinajstić information content (AvgIpc) is 2.62. The Hall–Kier alpha value is -2.75. The van der Waals surface area contributed by atoms with Crippen molar-refractivity contribution in [2.24, 2.45) is 5.73 Å². The molecule has 0 radical (unpaired) electrons. The SMILES string of the molecule is CSCC[C@@H](NC(N)=O)C(=O)OCC(=O)Nc1ccc(C(=O)OC(C)C)cc1. The predicted molar refractivity (Wildman–Crippen MR) is 106 cm³/mol. The quantitative estimate of drug-likeness (QED) is 0.496. The van der Waals surface area contributed by atoms with E-state index in [9.17, 15) is 19.2 Å². The van der Waals surface area contributed by atoms with E-state index in [1.165, 1.54) is 36.0 Å². The molecular formula is C18H25N3O6S. The maximum absolute atomic E-state index is 12.0. The third-order valence-electron chi connectivity index (χ3n) is 3.30. The highest BCUT2D eigenvalue weighted by molar-refractivity contribution is 7.98. The minimum atomic E-state index is -0.913. The lowest BCUT2D eigenvalue weighted by Crippen LogP contribution is -2.45. The first-order valence-corrected chi connectivity index (χ1v) is 9.94. The molecule has 0 aliphatic rings. The summed E-state index contributed by atoms with van der Waals surface area (Å²) < 4.78 is 10.0. The van der Waals surface area contributed by atoms with Crippen molar-refractivity contribution < 1.29 is 28.7 Å². The fourth-order valence-electron chi connectivity index (χ4n) is 2.06. The smallest absolute Gasteiger partial charge is 0.338 e. The van der Waals surface area contributed by atoms with Crippen LogP contribution in [0.5, 0.6) is 0 Å². The summed E-state index contributed by atoms with van der Waals surface area (Å²) in [4.78, 5) is 46.7. The van der Waals surface area contributed by atoms with Gasteiger partial charge in [-0.15, -0.1) is 0 Å². The van der Waals surface area contributed by atoms with E-state index in [1.807, 2.05) is 6.26 Å². The summed E-state index contributed by atoms with van der Waals surface area (Å²) in [6, 6.07) is 4.34. The van der Waals surface area contributed by atoms with Crippen molar-refractivity contribution in [1.82, 2.24) is 5.32 Å². The molecule has 0 aliphatic carbocycles. The Labute approximate surface area is 167 Å². The Bertz CT molecular complexity index is 693. The maximum atomic E-state index is 12.0. The van der Waals surface area contributed by atoms with Gasteiger partial charge in [-0.1, -0.05) is 0 Å². The lowest BCUT2D eigenvalue weighted by molar-refractivity contribution is -0.149. The van der Waals surface area contributed by atoms with Crippen molar-refractivity contribution in [2.75, 3.05) is 23.9 Å². The highest BCUT2D eigenvalue weighted by Crippen LogP contribution is 2.11.